The third-order valence-corrected chi connectivity index (χ3v) is 0.924. The smallest absolute Gasteiger partial charge is 0.342 e. The summed E-state index contributed by atoms with van der Waals surface area (Å²) in [7, 11) is -5.66. The van der Waals surface area contributed by atoms with E-state index in [0.717, 1.165) is 0 Å². The van der Waals surface area contributed by atoms with Crippen LogP contribution in [0.3, 0.4) is 0 Å². The monoisotopic (exact) mass is 130 g/mol. The summed E-state index contributed by atoms with van der Waals surface area (Å²) in [5.74, 6) is 0. The molecule has 0 atom stereocenters. The van der Waals surface area contributed by atoms with Crippen LogP contribution in [-0.4, -0.2) is 15.9 Å². The minimum absolute atomic E-state index is 0.254. The van der Waals surface area contributed by atoms with E-state index in [0.29, 0.717) is 0 Å². The molecule has 0 aliphatic carbocycles. The van der Waals surface area contributed by atoms with Gasteiger partial charge in [-0.15, -0.1) is 0 Å². The van der Waals surface area contributed by atoms with E-state index >= 15 is 0 Å². The molecule has 0 N–H and O–H groups in total. The summed E-state index contributed by atoms with van der Waals surface area (Å²) in [4.78, 5) is 0. The normalized spacial score (nSPS) is 12.0. The second kappa shape index (κ2) is 2.32. The molecular formula is C2H5F3OSi. The van der Waals surface area contributed by atoms with Crippen molar-refractivity contribution in [2.75, 3.05) is 6.61 Å². The van der Waals surface area contributed by atoms with E-state index in [1.165, 1.54) is 6.92 Å². The first-order valence-electron chi connectivity index (χ1n) is 1.77. The Labute approximate surface area is 40.7 Å². The maximum absolute atomic E-state index is 11.0. The molecule has 0 aliphatic rings. The van der Waals surface area contributed by atoms with E-state index in [-0.39, 0.29) is 6.61 Å². The second-order valence-corrected chi connectivity index (χ2v) is 2.06. The molecule has 0 amide bonds. The van der Waals surface area contributed by atoms with Crippen LogP contribution in [-0.2, 0) is 4.43 Å². The van der Waals surface area contributed by atoms with Gasteiger partial charge in [-0.3, -0.25) is 0 Å². The molecule has 5 heteroatoms. The molecule has 0 bridgehead atoms. The fourth-order valence-electron chi connectivity index (χ4n) is 0.164. The molecule has 0 spiro atoms. The van der Waals surface area contributed by atoms with Crippen molar-refractivity contribution < 1.29 is 16.7 Å². The number of hydrogen-bond donors (Lipinski definition) is 0. The Morgan fingerprint density at radius 2 is 1.86 bits per heavy atom. The van der Waals surface area contributed by atoms with Gasteiger partial charge < -0.3 is 4.43 Å². The van der Waals surface area contributed by atoms with E-state index in [4.69, 9.17) is 0 Å². The van der Waals surface area contributed by atoms with Crippen molar-refractivity contribution in [1.29, 1.82) is 0 Å². The lowest BCUT2D eigenvalue weighted by atomic mass is 10.9. The third kappa shape index (κ3) is 5.97. The highest BCUT2D eigenvalue weighted by atomic mass is 28.5. The number of halogens is 3. The fraction of sp³-hybridized carbons (Fsp3) is 1.00. The highest BCUT2D eigenvalue weighted by molar-refractivity contribution is 6.51. The van der Waals surface area contributed by atoms with Crippen molar-refractivity contribution in [1.82, 2.24) is 0 Å². The molecule has 0 aromatic carbocycles. The van der Waals surface area contributed by atoms with Gasteiger partial charge in [-0.25, -0.2) is 12.3 Å². The lowest BCUT2D eigenvalue weighted by Crippen LogP contribution is -2.20. The van der Waals surface area contributed by atoms with E-state index in [9.17, 15) is 12.3 Å². The van der Waals surface area contributed by atoms with Crippen molar-refractivity contribution in [3.05, 3.63) is 0 Å². The van der Waals surface area contributed by atoms with Gasteiger partial charge in [0.25, 0.3) is 0 Å². The highest BCUT2D eigenvalue weighted by Gasteiger charge is 2.40. The maximum Gasteiger partial charge on any atom is 0.802 e. The molecule has 0 saturated heterocycles. The Hall–Kier alpha value is -0.0331. The van der Waals surface area contributed by atoms with Crippen molar-refractivity contribution in [3.8, 4) is 0 Å². The van der Waals surface area contributed by atoms with Gasteiger partial charge >= 0.3 is 9.32 Å². The Balaban J connectivity index is 3.15. The van der Waals surface area contributed by atoms with Gasteiger partial charge in [0, 0.05) is 6.61 Å². The van der Waals surface area contributed by atoms with Crippen LogP contribution in [0.15, 0.2) is 0 Å². The quantitative estimate of drug-likeness (QED) is 0.405. The molecule has 0 fully saturated rings. The zero-order valence-electron chi connectivity index (χ0n) is 3.75. The minimum Gasteiger partial charge on any atom is -0.342 e. The van der Waals surface area contributed by atoms with Crippen LogP contribution in [0.4, 0.5) is 12.3 Å². The first-order chi connectivity index (χ1) is 3.06. The Morgan fingerprint density at radius 3 is 1.86 bits per heavy atom. The fourth-order valence-corrected chi connectivity index (χ4v) is 0.491. The predicted octanol–water partition coefficient (Wildman–Crippen LogP) is 1.37. The Bertz CT molecular complexity index is 51.4. The van der Waals surface area contributed by atoms with Crippen LogP contribution in [0.2, 0.25) is 0 Å². The van der Waals surface area contributed by atoms with Gasteiger partial charge in [-0.2, -0.15) is 0 Å². The average Bonchev–Trinajstić information content (AvgIpc) is 1.30. The van der Waals surface area contributed by atoms with Gasteiger partial charge in [0.1, 0.15) is 0 Å². The summed E-state index contributed by atoms with van der Waals surface area (Å²) in [5.41, 5.74) is 0. The molecule has 44 valence electrons. The van der Waals surface area contributed by atoms with Crippen LogP contribution in [0.5, 0.6) is 0 Å². The first-order valence-corrected chi connectivity index (χ1v) is 3.31. The summed E-state index contributed by atoms with van der Waals surface area (Å²) in [6.07, 6.45) is 0. The van der Waals surface area contributed by atoms with Crippen LogP contribution < -0.4 is 0 Å². The van der Waals surface area contributed by atoms with Gasteiger partial charge in [0.05, 0.1) is 0 Å². The Kier molecular flexibility index (Phi) is 2.31. The predicted molar refractivity (Wildman–Crippen MR) is 20.7 cm³/mol. The SMILES string of the molecule is CCO[Si](F)(F)F. The van der Waals surface area contributed by atoms with Crippen LogP contribution in [0.1, 0.15) is 6.92 Å². The lowest BCUT2D eigenvalue weighted by molar-refractivity contribution is 0.187. The molecule has 0 aromatic rings. The van der Waals surface area contributed by atoms with Gasteiger partial charge in [-0.05, 0) is 6.92 Å². The minimum atomic E-state index is -5.66. The van der Waals surface area contributed by atoms with Crippen molar-refractivity contribution in [2.45, 2.75) is 6.92 Å². The zero-order chi connectivity index (χ0) is 5.91. The Morgan fingerprint density at radius 1 is 1.43 bits per heavy atom. The molecule has 0 aliphatic heterocycles. The first kappa shape index (κ1) is 6.97. The summed E-state index contributed by atoms with van der Waals surface area (Å²) in [6, 6.07) is 0. The summed E-state index contributed by atoms with van der Waals surface area (Å²) >= 11 is 0. The molecule has 0 unspecified atom stereocenters. The molecule has 1 nitrogen and oxygen atoms in total. The van der Waals surface area contributed by atoms with Gasteiger partial charge in [-0.1, -0.05) is 0 Å². The summed E-state index contributed by atoms with van der Waals surface area (Å²) in [6.45, 7) is 1.07. The molecule has 0 aromatic heterocycles. The van der Waals surface area contributed by atoms with E-state index in [1.807, 2.05) is 0 Å². The van der Waals surface area contributed by atoms with E-state index in [1.54, 1.807) is 0 Å². The number of hydrogen-bond acceptors (Lipinski definition) is 1. The molecule has 7 heavy (non-hydrogen) atoms. The maximum atomic E-state index is 11.0. The van der Waals surface area contributed by atoms with Crippen LogP contribution >= 0.6 is 0 Å². The topological polar surface area (TPSA) is 9.23 Å². The summed E-state index contributed by atoms with van der Waals surface area (Å²) in [5, 5.41) is 0. The van der Waals surface area contributed by atoms with E-state index in [2.05, 4.69) is 4.43 Å². The van der Waals surface area contributed by atoms with Crippen LogP contribution in [0.25, 0.3) is 0 Å². The van der Waals surface area contributed by atoms with Crippen molar-refractivity contribution in [2.24, 2.45) is 0 Å². The standard InChI is InChI=1S/C2H5F3OSi/c1-2-6-7(3,4)5/h2H2,1H3. The molecule has 0 saturated carbocycles. The zero-order valence-corrected chi connectivity index (χ0v) is 4.75. The molecule has 0 radical (unpaired) electrons. The molecular weight excluding hydrogens is 125 g/mol. The lowest BCUT2D eigenvalue weighted by Gasteiger charge is -1.96. The van der Waals surface area contributed by atoms with Gasteiger partial charge in [0.15, 0.2) is 0 Å². The third-order valence-electron chi connectivity index (χ3n) is 0.308. The van der Waals surface area contributed by atoms with Crippen LogP contribution in [0, 0.1) is 0 Å². The van der Waals surface area contributed by atoms with Crippen molar-refractivity contribution in [3.63, 3.8) is 0 Å². The van der Waals surface area contributed by atoms with Crippen molar-refractivity contribution >= 4 is 9.32 Å². The molecule has 0 rings (SSSR count). The van der Waals surface area contributed by atoms with E-state index < -0.39 is 9.32 Å². The average molecular weight is 130 g/mol. The largest absolute Gasteiger partial charge is 0.802 e. The second-order valence-electron chi connectivity index (χ2n) is 0.879. The number of rotatable bonds is 2. The highest BCUT2D eigenvalue weighted by Crippen LogP contribution is 2.07. The van der Waals surface area contributed by atoms with Gasteiger partial charge in [0.2, 0.25) is 0 Å². The molecule has 0 heterocycles. The summed E-state index contributed by atoms with van der Waals surface area (Å²) < 4.78 is 36.3.